The van der Waals surface area contributed by atoms with E-state index in [0.717, 1.165) is 17.1 Å². The van der Waals surface area contributed by atoms with Gasteiger partial charge in [0.15, 0.2) is 6.29 Å². The molecule has 2 aromatic rings. The van der Waals surface area contributed by atoms with Crippen LogP contribution in [0.5, 0.6) is 5.88 Å². The van der Waals surface area contributed by atoms with Gasteiger partial charge in [-0.1, -0.05) is 18.2 Å². The predicted molar refractivity (Wildman–Crippen MR) is 53.7 cm³/mol. The Kier molecular flexibility index (Phi) is 2.14. The molecule has 3 heteroatoms. The second-order valence-corrected chi connectivity index (χ2v) is 2.90. The second-order valence-electron chi connectivity index (χ2n) is 2.90. The molecule has 0 bridgehead atoms. The van der Waals surface area contributed by atoms with E-state index in [0.29, 0.717) is 11.6 Å². The van der Waals surface area contributed by atoms with Gasteiger partial charge in [-0.05, 0) is 17.5 Å². The van der Waals surface area contributed by atoms with Crippen LogP contribution in [0.15, 0.2) is 30.3 Å². The van der Waals surface area contributed by atoms with Crippen LogP contribution in [-0.4, -0.2) is 18.4 Å². The Labute approximate surface area is 81.3 Å². The molecule has 3 nitrogen and oxygen atoms in total. The Morgan fingerprint density at radius 3 is 2.86 bits per heavy atom. The molecule has 2 rings (SSSR count). The average molecular weight is 187 g/mol. The lowest BCUT2D eigenvalue weighted by molar-refractivity contribution is 0.111. The van der Waals surface area contributed by atoms with Crippen LogP contribution >= 0.6 is 0 Å². The molecule has 0 saturated heterocycles. The van der Waals surface area contributed by atoms with Crippen molar-refractivity contribution in [1.82, 2.24) is 4.98 Å². The summed E-state index contributed by atoms with van der Waals surface area (Å²) in [6, 6.07) is 9.40. The minimum absolute atomic E-state index is 0.389. The third-order valence-corrected chi connectivity index (χ3v) is 2.04. The van der Waals surface area contributed by atoms with Crippen LogP contribution in [0.3, 0.4) is 0 Å². The topological polar surface area (TPSA) is 39.2 Å². The van der Waals surface area contributed by atoms with Gasteiger partial charge >= 0.3 is 0 Å². The van der Waals surface area contributed by atoms with Crippen molar-refractivity contribution < 1.29 is 9.53 Å². The molecule has 0 unspecified atom stereocenters. The first-order chi connectivity index (χ1) is 6.85. The maximum absolute atomic E-state index is 10.6. The number of nitrogens with zero attached hydrogens (tertiary/aromatic N) is 1. The van der Waals surface area contributed by atoms with Gasteiger partial charge < -0.3 is 4.74 Å². The molecular weight excluding hydrogens is 178 g/mol. The van der Waals surface area contributed by atoms with Gasteiger partial charge in [0.25, 0.3) is 0 Å². The van der Waals surface area contributed by atoms with Crippen molar-refractivity contribution in [3.63, 3.8) is 0 Å². The number of ether oxygens (including phenoxy) is 1. The van der Waals surface area contributed by atoms with Crippen molar-refractivity contribution >= 4 is 17.1 Å². The summed E-state index contributed by atoms with van der Waals surface area (Å²) >= 11 is 0. The zero-order chi connectivity index (χ0) is 9.97. The fourth-order valence-corrected chi connectivity index (χ4v) is 1.40. The van der Waals surface area contributed by atoms with E-state index >= 15 is 0 Å². The summed E-state index contributed by atoms with van der Waals surface area (Å²) in [4.78, 5) is 14.6. The van der Waals surface area contributed by atoms with Crippen LogP contribution in [0.1, 0.15) is 10.5 Å². The number of rotatable bonds is 2. The average Bonchev–Trinajstić information content (AvgIpc) is 2.27. The first kappa shape index (κ1) is 8.69. The zero-order valence-corrected chi connectivity index (χ0v) is 7.73. The first-order valence-electron chi connectivity index (χ1n) is 4.24. The second kappa shape index (κ2) is 3.46. The fourth-order valence-electron chi connectivity index (χ4n) is 1.40. The number of carbonyl (C=O) groups excluding carboxylic acids is 1. The molecule has 0 fully saturated rings. The van der Waals surface area contributed by atoms with Crippen molar-refractivity contribution in [3.05, 3.63) is 36.0 Å². The van der Waals surface area contributed by atoms with Gasteiger partial charge in [-0.3, -0.25) is 4.79 Å². The number of hydrogen-bond acceptors (Lipinski definition) is 3. The van der Waals surface area contributed by atoms with Crippen LogP contribution in [0.25, 0.3) is 10.8 Å². The number of carbonyl (C=O) groups is 1. The monoisotopic (exact) mass is 187 g/mol. The molecule has 70 valence electrons. The number of pyridine rings is 1. The predicted octanol–water partition coefficient (Wildman–Crippen LogP) is 2.06. The van der Waals surface area contributed by atoms with Gasteiger partial charge in [0.2, 0.25) is 5.88 Å². The molecule has 0 radical (unpaired) electrons. The van der Waals surface area contributed by atoms with Gasteiger partial charge in [-0.2, -0.15) is 0 Å². The molecule has 1 heterocycles. The maximum Gasteiger partial charge on any atom is 0.221 e. The Morgan fingerprint density at radius 2 is 2.14 bits per heavy atom. The Balaban J connectivity index is 2.79. The summed E-state index contributed by atoms with van der Waals surface area (Å²) in [5, 5.41) is 1.88. The highest BCUT2D eigenvalue weighted by Crippen LogP contribution is 2.23. The van der Waals surface area contributed by atoms with Crippen molar-refractivity contribution in [2.75, 3.05) is 7.11 Å². The van der Waals surface area contributed by atoms with Crippen molar-refractivity contribution in [1.29, 1.82) is 0 Å². The largest absolute Gasteiger partial charge is 0.481 e. The van der Waals surface area contributed by atoms with Crippen LogP contribution in [0, 0.1) is 0 Å². The van der Waals surface area contributed by atoms with Gasteiger partial charge in [0.1, 0.15) is 5.69 Å². The lowest BCUT2D eigenvalue weighted by Gasteiger charge is -2.04. The van der Waals surface area contributed by atoms with E-state index in [1.165, 1.54) is 0 Å². The molecule has 0 spiro atoms. The highest BCUT2D eigenvalue weighted by Gasteiger charge is 2.04. The molecule has 0 amide bonds. The van der Waals surface area contributed by atoms with Gasteiger partial charge in [0, 0.05) is 5.39 Å². The number of methoxy groups -OCH3 is 1. The normalized spacial score (nSPS) is 10.1. The summed E-state index contributed by atoms with van der Waals surface area (Å²) in [6.07, 6.45) is 0.717. The number of hydrogen-bond donors (Lipinski definition) is 0. The third kappa shape index (κ3) is 1.33. The fraction of sp³-hybridized carbons (Fsp3) is 0.0909. The van der Waals surface area contributed by atoms with Crippen LogP contribution in [0.2, 0.25) is 0 Å². The molecule has 0 aliphatic heterocycles. The molecule has 1 aromatic heterocycles. The number of aromatic nitrogens is 1. The quantitative estimate of drug-likeness (QED) is 0.675. The minimum Gasteiger partial charge on any atom is -0.481 e. The highest BCUT2D eigenvalue weighted by atomic mass is 16.5. The van der Waals surface area contributed by atoms with E-state index in [2.05, 4.69) is 4.98 Å². The molecular formula is C11H9NO2. The Bertz CT molecular complexity index is 480. The number of benzene rings is 1. The number of aldehydes is 1. The van der Waals surface area contributed by atoms with E-state index in [1.807, 2.05) is 24.3 Å². The standard InChI is InChI=1S/C11H9NO2/c1-14-11-10-5-3-2-4-8(10)6-9(7-13)12-11/h2-7H,1H3. The van der Waals surface area contributed by atoms with E-state index in [9.17, 15) is 4.79 Å². The van der Waals surface area contributed by atoms with E-state index in [1.54, 1.807) is 13.2 Å². The summed E-state index contributed by atoms with van der Waals surface area (Å²) in [6.45, 7) is 0. The molecule has 0 N–H and O–H groups in total. The molecule has 0 atom stereocenters. The SMILES string of the molecule is COc1nc(C=O)cc2ccccc12. The summed E-state index contributed by atoms with van der Waals surface area (Å²) in [7, 11) is 1.54. The van der Waals surface area contributed by atoms with Crippen molar-refractivity contribution in [2.24, 2.45) is 0 Å². The first-order valence-corrected chi connectivity index (χ1v) is 4.24. The minimum atomic E-state index is 0.389. The van der Waals surface area contributed by atoms with Crippen LogP contribution in [-0.2, 0) is 0 Å². The number of fused-ring (bicyclic) bond motifs is 1. The lowest BCUT2D eigenvalue weighted by atomic mass is 10.1. The summed E-state index contributed by atoms with van der Waals surface area (Å²) in [5.41, 5.74) is 0.389. The molecule has 1 aromatic carbocycles. The molecule has 0 aliphatic rings. The van der Waals surface area contributed by atoms with Crippen molar-refractivity contribution in [2.45, 2.75) is 0 Å². The van der Waals surface area contributed by atoms with Gasteiger partial charge in [0.05, 0.1) is 7.11 Å². The van der Waals surface area contributed by atoms with E-state index in [4.69, 9.17) is 4.74 Å². The van der Waals surface area contributed by atoms with Crippen LogP contribution in [0.4, 0.5) is 0 Å². The van der Waals surface area contributed by atoms with E-state index in [-0.39, 0.29) is 0 Å². The molecule has 14 heavy (non-hydrogen) atoms. The van der Waals surface area contributed by atoms with Crippen LogP contribution < -0.4 is 4.74 Å². The summed E-state index contributed by atoms with van der Waals surface area (Å²) in [5.74, 6) is 0.491. The third-order valence-electron chi connectivity index (χ3n) is 2.04. The summed E-state index contributed by atoms with van der Waals surface area (Å²) < 4.78 is 5.10. The lowest BCUT2D eigenvalue weighted by Crippen LogP contribution is -1.93. The Hall–Kier alpha value is -1.90. The van der Waals surface area contributed by atoms with Gasteiger partial charge in [-0.15, -0.1) is 0 Å². The molecule has 0 saturated carbocycles. The maximum atomic E-state index is 10.6. The van der Waals surface area contributed by atoms with Crippen molar-refractivity contribution in [3.8, 4) is 5.88 Å². The van der Waals surface area contributed by atoms with E-state index < -0.39 is 0 Å². The Morgan fingerprint density at radius 1 is 1.36 bits per heavy atom. The smallest absolute Gasteiger partial charge is 0.221 e. The zero-order valence-electron chi connectivity index (χ0n) is 7.73. The highest BCUT2D eigenvalue weighted by molar-refractivity contribution is 5.90. The molecule has 0 aliphatic carbocycles. The van der Waals surface area contributed by atoms with Gasteiger partial charge in [-0.25, -0.2) is 4.98 Å².